The summed E-state index contributed by atoms with van der Waals surface area (Å²) in [5.41, 5.74) is 6.08. The highest BCUT2D eigenvalue weighted by atomic mass is 79.9. The summed E-state index contributed by atoms with van der Waals surface area (Å²) < 4.78 is 6.73. The third kappa shape index (κ3) is 3.30. The fourth-order valence-corrected chi connectivity index (χ4v) is 4.24. The number of benzene rings is 1. The van der Waals surface area contributed by atoms with Gasteiger partial charge in [-0.1, -0.05) is 0 Å². The second-order valence-corrected chi connectivity index (χ2v) is 7.38. The number of carbonyl (C=O) groups excluding carboxylic acids is 1. The molecule has 3 rings (SSSR count). The number of non-ortho nitro benzene ring substituents is 1. The van der Waals surface area contributed by atoms with Crippen LogP contribution in [-0.4, -0.2) is 16.0 Å². The Labute approximate surface area is 156 Å². The highest BCUT2D eigenvalue weighted by molar-refractivity contribution is 9.11. The lowest BCUT2D eigenvalue weighted by Gasteiger charge is -2.04. The number of amides is 1. The van der Waals surface area contributed by atoms with Gasteiger partial charge in [0.25, 0.3) is 11.6 Å². The Morgan fingerprint density at radius 3 is 2.50 bits per heavy atom. The number of thioether (sulfide) groups is 1. The zero-order valence-corrected chi connectivity index (χ0v) is 15.6. The molecule has 0 saturated heterocycles. The van der Waals surface area contributed by atoms with Gasteiger partial charge < -0.3 is 10.2 Å². The first-order valence-electron chi connectivity index (χ1n) is 6.37. The van der Waals surface area contributed by atoms with Crippen molar-refractivity contribution < 1.29 is 14.1 Å². The number of amidine groups is 1. The topological polar surface area (TPSA) is 112 Å². The van der Waals surface area contributed by atoms with Gasteiger partial charge in [-0.3, -0.25) is 14.9 Å². The summed E-state index contributed by atoms with van der Waals surface area (Å²) in [5.74, 6) is 0.524. The van der Waals surface area contributed by atoms with Crippen LogP contribution in [0.15, 0.2) is 47.5 Å². The summed E-state index contributed by atoms with van der Waals surface area (Å²) in [6.07, 6.45) is 1.55. The van der Waals surface area contributed by atoms with Crippen LogP contribution in [0.2, 0.25) is 0 Å². The lowest BCUT2D eigenvalue weighted by Crippen LogP contribution is -2.01. The smallest absolute Gasteiger partial charge is 0.286 e. The van der Waals surface area contributed by atoms with Crippen LogP contribution in [0.5, 0.6) is 0 Å². The van der Waals surface area contributed by atoms with Gasteiger partial charge in [-0.2, -0.15) is 4.99 Å². The van der Waals surface area contributed by atoms with Crippen LogP contribution < -0.4 is 5.73 Å². The molecule has 1 aliphatic rings. The van der Waals surface area contributed by atoms with Gasteiger partial charge in [0.2, 0.25) is 0 Å². The third-order valence-electron chi connectivity index (χ3n) is 3.02. The van der Waals surface area contributed by atoms with Crippen molar-refractivity contribution in [2.45, 2.75) is 0 Å². The molecule has 0 aliphatic carbocycles. The summed E-state index contributed by atoms with van der Waals surface area (Å²) in [6, 6.07) is 6.18. The predicted molar refractivity (Wildman–Crippen MR) is 98.4 cm³/mol. The van der Waals surface area contributed by atoms with Crippen molar-refractivity contribution >= 4 is 66.5 Å². The minimum atomic E-state index is -0.482. The monoisotopic (exact) mass is 471 g/mol. The predicted octanol–water partition coefficient (Wildman–Crippen LogP) is 4.31. The van der Waals surface area contributed by atoms with Gasteiger partial charge in [0, 0.05) is 32.7 Å². The van der Waals surface area contributed by atoms with Gasteiger partial charge in [0.05, 0.1) is 9.83 Å². The van der Waals surface area contributed by atoms with E-state index in [0.29, 0.717) is 30.9 Å². The van der Waals surface area contributed by atoms with Gasteiger partial charge in [0.1, 0.15) is 11.5 Å². The maximum absolute atomic E-state index is 11.6. The van der Waals surface area contributed by atoms with E-state index in [9.17, 15) is 14.9 Å². The number of nitrogens with two attached hydrogens (primary N) is 1. The molecule has 24 heavy (non-hydrogen) atoms. The average Bonchev–Trinajstić information content (AvgIpc) is 3.05. The molecule has 0 radical (unpaired) electrons. The van der Waals surface area contributed by atoms with Crippen molar-refractivity contribution in [2.24, 2.45) is 10.7 Å². The Morgan fingerprint density at radius 2 is 1.96 bits per heavy atom. The van der Waals surface area contributed by atoms with Crippen LogP contribution in [0, 0.1) is 10.1 Å². The fourth-order valence-electron chi connectivity index (χ4n) is 2.02. The average molecular weight is 473 g/mol. The lowest BCUT2D eigenvalue weighted by atomic mass is 10.1. The standard InChI is InChI=1S/C14H7Br2N3O4S/c15-8-3-6(19(21)22)4-9(16)12(8)10-2-1-7(23-10)5-11-13(20)18-14(17)24-11/h1-5H,(H2,17,18,20). The normalized spacial score (nSPS) is 15.8. The highest BCUT2D eigenvalue weighted by Gasteiger charge is 2.21. The molecular formula is C14H7Br2N3O4S. The minimum absolute atomic E-state index is 0.0491. The van der Waals surface area contributed by atoms with Crippen molar-refractivity contribution in [3.63, 3.8) is 0 Å². The molecule has 0 unspecified atom stereocenters. The van der Waals surface area contributed by atoms with E-state index >= 15 is 0 Å². The Morgan fingerprint density at radius 1 is 1.29 bits per heavy atom. The number of rotatable bonds is 3. The van der Waals surface area contributed by atoms with Crippen molar-refractivity contribution in [1.29, 1.82) is 0 Å². The molecule has 0 bridgehead atoms. The zero-order valence-electron chi connectivity index (χ0n) is 11.7. The lowest BCUT2D eigenvalue weighted by molar-refractivity contribution is -0.385. The van der Waals surface area contributed by atoms with E-state index < -0.39 is 10.8 Å². The van der Waals surface area contributed by atoms with Crippen molar-refractivity contribution in [1.82, 2.24) is 0 Å². The van der Waals surface area contributed by atoms with E-state index in [1.165, 1.54) is 12.1 Å². The number of aliphatic imine (C=N–C) groups is 1. The Balaban J connectivity index is 1.96. The summed E-state index contributed by atoms with van der Waals surface area (Å²) in [5, 5.41) is 11.1. The van der Waals surface area contributed by atoms with Gasteiger partial charge >= 0.3 is 0 Å². The van der Waals surface area contributed by atoms with E-state index in [2.05, 4.69) is 36.9 Å². The minimum Gasteiger partial charge on any atom is -0.457 e. The molecule has 1 aromatic heterocycles. The second kappa shape index (κ2) is 6.54. The zero-order chi connectivity index (χ0) is 17.4. The van der Waals surface area contributed by atoms with Crippen LogP contribution in [0.4, 0.5) is 5.69 Å². The second-order valence-electron chi connectivity index (χ2n) is 4.61. The van der Waals surface area contributed by atoms with Gasteiger partial charge in [-0.05, 0) is 55.8 Å². The molecule has 2 heterocycles. The van der Waals surface area contributed by atoms with Crippen molar-refractivity contribution in [3.8, 4) is 11.3 Å². The van der Waals surface area contributed by atoms with E-state index in [-0.39, 0.29) is 10.9 Å². The van der Waals surface area contributed by atoms with E-state index in [4.69, 9.17) is 10.2 Å². The Hall–Kier alpha value is -1.91. The molecule has 2 aromatic rings. The van der Waals surface area contributed by atoms with Gasteiger partial charge in [-0.15, -0.1) is 0 Å². The van der Waals surface area contributed by atoms with Crippen LogP contribution >= 0.6 is 43.6 Å². The molecule has 0 fully saturated rings. The highest BCUT2D eigenvalue weighted by Crippen LogP contribution is 2.39. The SMILES string of the molecule is NC1=NC(=O)C(=Cc2ccc(-c3c(Br)cc([N+](=O)[O-])cc3Br)o2)S1. The summed E-state index contributed by atoms with van der Waals surface area (Å²) in [4.78, 5) is 26.0. The molecule has 0 spiro atoms. The molecule has 1 aliphatic heterocycles. The molecule has 10 heteroatoms. The molecule has 0 atom stereocenters. The fraction of sp³-hybridized carbons (Fsp3) is 0. The van der Waals surface area contributed by atoms with E-state index in [1.807, 2.05) is 0 Å². The first kappa shape index (κ1) is 16.9. The largest absolute Gasteiger partial charge is 0.457 e. The number of hydrogen-bond donors (Lipinski definition) is 1. The number of nitrogens with zero attached hydrogens (tertiary/aromatic N) is 2. The quantitative estimate of drug-likeness (QED) is 0.404. The summed E-state index contributed by atoms with van der Waals surface area (Å²) >= 11 is 7.70. The van der Waals surface area contributed by atoms with Gasteiger partial charge in [-0.25, -0.2) is 0 Å². The molecule has 1 amide bonds. The number of carbonyl (C=O) groups is 1. The number of nitro benzene ring substituents is 1. The third-order valence-corrected chi connectivity index (χ3v) is 5.08. The molecule has 7 nitrogen and oxygen atoms in total. The number of furan rings is 1. The van der Waals surface area contributed by atoms with Crippen LogP contribution in [-0.2, 0) is 4.79 Å². The number of halogens is 2. The van der Waals surface area contributed by atoms with E-state index in [0.717, 1.165) is 11.8 Å². The molecular weight excluding hydrogens is 466 g/mol. The first-order chi connectivity index (χ1) is 11.3. The number of hydrogen-bond acceptors (Lipinski definition) is 6. The van der Waals surface area contributed by atoms with Crippen LogP contribution in [0.25, 0.3) is 17.4 Å². The molecule has 1 aromatic carbocycles. The summed E-state index contributed by atoms with van der Waals surface area (Å²) in [6.45, 7) is 0. The Kier molecular flexibility index (Phi) is 4.61. The summed E-state index contributed by atoms with van der Waals surface area (Å²) in [7, 11) is 0. The molecule has 122 valence electrons. The van der Waals surface area contributed by atoms with Crippen molar-refractivity contribution in [3.05, 3.63) is 54.0 Å². The first-order valence-corrected chi connectivity index (χ1v) is 8.77. The van der Waals surface area contributed by atoms with Gasteiger partial charge in [0.15, 0.2) is 5.17 Å². The van der Waals surface area contributed by atoms with E-state index in [1.54, 1.807) is 18.2 Å². The molecule has 0 saturated carbocycles. The number of nitro groups is 1. The maximum Gasteiger partial charge on any atom is 0.286 e. The Bertz CT molecular complexity index is 913. The maximum atomic E-state index is 11.6. The molecule has 2 N–H and O–H groups in total. The van der Waals surface area contributed by atoms with Crippen LogP contribution in [0.3, 0.4) is 0 Å². The van der Waals surface area contributed by atoms with Crippen LogP contribution in [0.1, 0.15) is 5.76 Å². The van der Waals surface area contributed by atoms with Crippen molar-refractivity contribution in [2.75, 3.05) is 0 Å².